The summed E-state index contributed by atoms with van der Waals surface area (Å²) in [6.07, 6.45) is 3.53. The third-order valence-electron chi connectivity index (χ3n) is 1.95. The van der Waals surface area contributed by atoms with E-state index in [0.717, 1.165) is 0 Å². The summed E-state index contributed by atoms with van der Waals surface area (Å²) in [5, 5.41) is 0. The lowest BCUT2D eigenvalue weighted by Gasteiger charge is -2.20. The molecule has 3 N–H and O–H groups in total. The lowest BCUT2D eigenvalue weighted by molar-refractivity contribution is -0.126. The van der Waals surface area contributed by atoms with Crippen molar-refractivity contribution in [3.05, 3.63) is 17.2 Å². The molecule has 0 aliphatic rings. The number of carbonyl (C=O) groups is 1. The predicted octanol–water partition coefficient (Wildman–Crippen LogP) is 1.06. The summed E-state index contributed by atoms with van der Waals surface area (Å²) in [6.45, 7) is 4.10. The molecule has 5 heteroatoms. The highest BCUT2D eigenvalue weighted by Gasteiger charge is 2.25. The summed E-state index contributed by atoms with van der Waals surface area (Å²) in [7, 11) is 0. The minimum Gasteiger partial charge on any atom is -0.369 e. The van der Waals surface area contributed by atoms with E-state index in [9.17, 15) is 4.79 Å². The van der Waals surface area contributed by atoms with Gasteiger partial charge in [0.1, 0.15) is 0 Å². The number of H-pyrrole nitrogens is 1. The van der Waals surface area contributed by atoms with Crippen LogP contribution in [0.5, 0.6) is 0 Å². The first-order valence-electron chi connectivity index (χ1n) is 3.97. The van der Waals surface area contributed by atoms with Crippen molar-refractivity contribution < 1.29 is 4.79 Å². The van der Waals surface area contributed by atoms with Crippen LogP contribution in [-0.4, -0.2) is 15.5 Å². The molecular weight excluding hydrogens is 186 g/mol. The Labute approximate surface area is 81.8 Å². The molecule has 1 aromatic heterocycles. The van der Waals surface area contributed by atoms with Gasteiger partial charge in [0.15, 0.2) is 4.77 Å². The van der Waals surface area contributed by atoms with Crippen LogP contribution in [0.4, 0.5) is 0 Å². The van der Waals surface area contributed by atoms with Gasteiger partial charge in [-0.15, -0.1) is 0 Å². The molecule has 0 aromatic carbocycles. The molecule has 1 amide bonds. The number of amides is 1. The van der Waals surface area contributed by atoms with Crippen LogP contribution < -0.4 is 5.73 Å². The van der Waals surface area contributed by atoms with E-state index in [0.29, 0.717) is 11.3 Å². The highest BCUT2D eigenvalue weighted by Crippen LogP contribution is 2.17. The molecule has 0 saturated heterocycles. The Morgan fingerprint density at radius 3 is 2.77 bits per heavy atom. The number of imidazole rings is 1. The summed E-state index contributed by atoms with van der Waals surface area (Å²) in [5.41, 5.74) is 4.67. The van der Waals surface area contributed by atoms with Crippen molar-refractivity contribution in [2.45, 2.75) is 20.4 Å². The van der Waals surface area contributed by atoms with Gasteiger partial charge in [0, 0.05) is 18.9 Å². The molecule has 1 aromatic rings. The minimum absolute atomic E-state index is 0.324. The number of nitrogens with one attached hydrogen (secondary N) is 1. The predicted molar refractivity (Wildman–Crippen MR) is 52.6 cm³/mol. The number of hydrogen-bond acceptors (Lipinski definition) is 2. The minimum atomic E-state index is -0.569. The number of nitrogens with two attached hydrogens (primary N) is 1. The zero-order valence-electron chi connectivity index (χ0n) is 7.70. The van der Waals surface area contributed by atoms with Crippen molar-refractivity contribution in [2.24, 2.45) is 11.1 Å². The maximum absolute atomic E-state index is 11.0. The Hall–Kier alpha value is -1.10. The molecule has 0 aliphatic carbocycles. The topological polar surface area (TPSA) is 63.8 Å². The Morgan fingerprint density at radius 1 is 1.77 bits per heavy atom. The number of aromatic amines is 1. The SMILES string of the molecule is CC(C)(Cn1cc[nH]c1=S)C(N)=O. The average molecular weight is 199 g/mol. The Morgan fingerprint density at radius 2 is 2.38 bits per heavy atom. The molecule has 0 aliphatic heterocycles. The van der Waals surface area contributed by atoms with Gasteiger partial charge in [-0.25, -0.2) is 0 Å². The second-order valence-corrected chi connectivity index (χ2v) is 4.03. The summed E-state index contributed by atoms with van der Waals surface area (Å²) in [5.74, 6) is -0.324. The van der Waals surface area contributed by atoms with Crippen LogP contribution in [0, 0.1) is 10.2 Å². The first-order valence-corrected chi connectivity index (χ1v) is 4.38. The molecule has 0 saturated carbocycles. The fourth-order valence-electron chi connectivity index (χ4n) is 0.977. The lowest BCUT2D eigenvalue weighted by Crippen LogP contribution is -2.35. The van der Waals surface area contributed by atoms with E-state index in [-0.39, 0.29) is 5.91 Å². The first kappa shape index (κ1) is 9.98. The zero-order chi connectivity index (χ0) is 10.1. The van der Waals surface area contributed by atoms with Gasteiger partial charge in [-0.2, -0.15) is 0 Å². The van der Waals surface area contributed by atoms with Crippen molar-refractivity contribution in [3.8, 4) is 0 Å². The largest absolute Gasteiger partial charge is 0.369 e. The molecular formula is C8H13N3OS. The number of carbonyl (C=O) groups excluding carboxylic acids is 1. The second-order valence-electron chi connectivity index (χ2n) is 3.64. The van der Waals surface area contributed by atoms with Crippen LogP contribution in [0.3, 0.4) is 0 Å². The van der Waals surface area contributed by atoms with Gasteiger partial charge in [0.2, 0.25) is 5.91 Å². The van der Waals surface area contributed by atoms with Crippen LogP contribution in [0.15, 0.2) is 12.4 Å². The molecule has 0 fully saturated rings. The second kappa shape index (κ2) is 3.33. The molecule has 72 valence electrons. The highest BCUT2D eigenvalue weighted by atomic mass is 32.1. The van der Waals surface area contributed by atoms with E-state index in [1.54, 1.807) is 30.8 Å². The van der Waals surface area contributed by atoms with E-state index in [2.05, 4.69) is 4.98 Å². The molecule has 0 atom stereocenters. The molecule has 0 unspecified atom stereocenters. The molecule has 4 nitrogen and oxygen atoms in total. The van der Waals surface area contributed by atoms with E-state index in [4.69, 9.17) is 18.0 Å². The van der Waals surface area contributed by atoms with Gasteiger partial charge >= 0.3 is 0 Å². The van der Waals surface area contributed by atoms with Crippen molar-refractivity contribution in [1.82, 2.24) is 9.55 Å². The standard InChI is InChI=1S/C8H13N3OS/c1-8(2,6(9)12)5-11-4-3-10-7(11)13/h3-4H,5H2,1-2H3,(H2,9,12)(H,10,13). The fourth-order valence-corrected chi connectivity index (χ4v) is 1.17. The third kappa shape index (κ3) is 2.18. The maximum Gasteiger partial charge on any atom is 0.224 e. The molecule has 0 spiro atoms. The van der Waals surface area contributed by atoms with Crippen molar-refractivity contribution in [1.29, 1.82) is 0 Å². The number of aromatic nitrogens is 2. The number of rotatable bonds is 3. The first-order chi connectivity index (χ1) is 5.93. The van der Waals surface area contributed by atoms with Crippen LogP contribution >= 0.6 is 12.2 Å². The van der Waals surface area contributed by atoms with Crippen molar-refractivity contribution in [3.63, 3.8) is 0 Å². The highest BCUT2D eigenvalue weighted by molar-refractivity contribution is 7.71. The monoisotopic (exact) mass is 199 g/mol. The normalized spacial score (nSPS) is 11.5. The lowest BCUT2D eigenvalue weighted by atomic mass is 9.93. The Balaban J connectivity index is 2.87. The van der Waals surface area contributed by atoms with E-state index >= 15 is 0 Å². The van der Waals surface area contributed by atoms with Crippen LogP contribution in [0.2, 0.25) is 0 Å². The Bertz CT molecular complexity index is 363. The summed E-state index contributed by atoms with van der Waals surface area (Å²) < 4.78 is 2.40. The molecule has 0 radical (unpaired) electrons. The van der Waals surface area contributed by atoms with Crippen molar-refractivity contribution >= 4 is 18.1 Å². The summed E-state index contributed by atoms with van der Waals surface area (Å²) in [6, 6.07) is 0. The van der Waals surface area contributed by atoms with E-state index < -0.39 is 5.41 Å². The number of hydrogen-bond donors (Lipinski definition) is 2. The number of primary amides is 1. The Kier molecular flexibility index (Phi) is 2.56. The smallest absolute Gasteiger partial charge is 0.224 e. The summed E-state index contributed by atoms with van der Waals surface area (Å²) >= 11 is 5.00. The average Bonchev–Trinajstić information content (AvgIpc) is 2.35. The van der Waals surface area contributed by atoms with Crippen LogP contribution in [0.1, 0.15) is 13.8 Å². The molecule has 13 heavy (non-hydrogen) atoms. The summed E-state index contributed by atoms with van der Waals surface area (Å²) in [4.78, 5) is 13.9. The zero-order valence-corrected chi connectivity index (χ0v) is 8.52. The molecule has 1 rings (SSSR count). The van der Waals surface area contributed by atoms with Gasteiger partial charge in [-0.1, -0.05) is 0 Å². The maximum atomic E-state index is 11.0. The van der Waals surface area contributed by atoms with Gasteiger partial charge in [-0.05, 0) is 26.1 Å². The third-order valence-corrected chi connectivity index (χ3v) is 2.31. The quantitative estimate of drug-likeness (QED) is 0.715. The fraction of sp³-hybridized carbons (Fsp3) is 0.500. The van der Waals surface area contributed by atoms with Crippen molar-refractivity contribution in [2.75, 3.05) is 0 Å². The van der Waals surface area contributed by atoms with E-state index in [1.165, 1.54) is 0 Å². The van der Waals surface area contributed by atoms with Gasteiger partial charge < -0.3 is 15.3 Å². The molecule has 1 heterocycles. The molecule has 0 bridgehead atoms. The van der Waals surface area contributed by atoms with Gasteiger partial charge in [0.25, 0.3) is 0 Å². The van der Waals surface area contributed by atoms with Gasteiger partial charge in [-0.3, -0.25) is 4.79 Å². The van der Waals surface area contributed by atoms with Crippen LogP contribution in [0.25, 0.3) is 0 Å². The van der Waals surface area contributed by atoms with Crippen LogP contribution in [-0.2, 0) is 11.3 Å². The van der Waals surface area contributed by atoms with E-state index in [1.807, 2.05) is 0 Å². The number of nitrogens with zero attached hydrogens (tertiary/aromatic N) is 1. The van der Waals surface area contributed by atoms with Gasteiger partial charge in [0.05, 0.1) is 5.41 Å².